The smallest absolute Gasteiger partial charge is 0.164 e. The molecule has 0 N–H and O–H groups in total. The van der Waals surface area contributed by atoms with Gasteiger partial charge in [0.1, 0.15) is 0 Å². The van der Waals surface area contributed by atoms with E-state index in [2.05, 4.69) is 124 Å². The Kier molecular flexibility index (Phi) is 12.8. The molecule has 406 valence electrons. The maximum atomic E-state index is 10.4. The zero-order valence-electron chi connectivity index (χ0n) is 46.9. The number of hydrogen-bond donors (Lipinski definition) is 0. The summed E-state index contributed by atoms with van der Waals surface area (Å²) in [5.74, 6) is 1.43. The van der Waals surface area contributed by atoms with Crippen LogP contribution < -0.4 is 0 Å². The molecular formula is C78H44N10. The minimum Gasteiger partial charge on any atom is -0.309 e. The monoisotopic (exact) mass is 1120 g/mol. The van der Waals surface area contributed by atoms with Gasteiger partial charge in [-0.2, -0.15) is 21.0 Å². The average molecular weight is 1120 g/mol. The molecule has 0 spiro atoms. The Morgan fingerprint density at radius 1 is 0.273 bits per heavy atom. The van der Waals surface area contributed by atoms with Crippen LogP contribution in [-0.4, -0.2) is 29.1 Å². The van der Waals surface area contributed by atoms with Gasteiger partial charge in [0.15, 0.2) is 17.5 Å². The number of nitrogens with zero attached hydrogens (tertiary/aromatic N) is 10. The molecule has 0 aliphatic rings. The van der Waals surface area contributed by atoms with Crippen molar-refractivity contribution in [1.29, 1.82) is 21.0 Å². The zero-order valence-corrected chi connectivity index (χ0v) is 46.9. The molecule has 0 bridgehead atoms. The van der Waals surface area contributed by atoms with Crippen LogP contribution in [0.25, 0.3) is 145 Å². The van der Waals surface area contributed by atoms with E-state index < -0.39 is 0 Å². The maximum absolute atomic E-state index is 10.4. The molecular weight excluding hydrogens is 1080 g/mol. The lowest BCUT2D eigenvalue weighted by molar-refractivity contribution is 1.07. The predicted octanol–water partition coefficient (Wildman–Crippen LogP) is 18.3. The lowest BCUT2D eigenvalue weighted by Crippen LogP contribution is -2.06. The number of fused-ring (bicyclic) bond motifs is 6. The first-order chi connectivity index (χ1) is 43.5. The average Bonchev–Trinajstić information content (AvgIpc) is 1.57. The van der Waals surface area contributed by atoms with Gasteiger partial charge < -0.3 is 9.13 Å². The van der Waals surface area contributed by atoms with Crippen molar-refractivity contribution in [3.63, 3.8) is 0 Å². The summed E-state index contributed by atoms with van der Waals surface area (Å²) in [5.41, 5.74) is 17.8. The molecule has 11 aromatic carbocycles. The van der Waals surface area contributed by atoms with Crippen molar-refractivity contribution in [2.45, 2.75) is 0 Å². The lowest BCUT2D eigenvalue weighted by atomic mass is 9.96. The maximum Gasteiger partial charge on any atom is 0.164 e. The normalized spacial score (nSPS) is 11.1. The summed E-state index contributed by atoms with van der Waals surface area (Å²) in [7, 11) is 0. The van der Waals surface area contributed by atoms with Gasteiger partial charge in [-0.1, -0.05) is 170 Å². The molecule has 10 heteroatoms. The molecule has 15 aromatic rings. The minimum absolute atomic E-state index is 0.427. The molecule has 88 heavy (non-hydrogen) atoms. The van der Waals surface area contributed by atoms with Gasteiger partial charge in [-0.05, 0) is 136 Å². The first kappa shape index (κ1) is 52.0. The van der Waals surface area contributed by atoms with E-state index in [0.717, 1.165) is 116 Å². The molecule has 4 heterocycles. The van der Waals surface area contributed by atoms with Gasteiger partial charge in [0.05, 0.1) is 85.7 Å². The van der Waals surface area contributed by atoms with E-state index in [1.807, 2.05) is 176 Å². The van der Waals surface area contributed by atoms with Crippen molar-refractivity contribution in [2.75, 3.05) is 0 Å². The Bertz CT molecular complexity index is 5230. The molecule has 0 aliphatic heterocycles. The second-order valence-corrected chi connectivity index (χ2v) is 21.3. The van der Waals surface area contributed by atoms with Crippen LogP contribution in [0.1, 0.15) is 22.3 Å². The van der Waals surface area contributed by atoms with E-state index >= 15 is 0 Å². The summed E-state index contributed by atoms with van der Waals surface area (Å²) < 4.78 is 4.54. The highest BCUT2D eigenvalue weighted by atomic mass is 15.1. The third-order valence-corrected chi connectivity index (χ3v) is 16.5. The van der Waals surface area contributed by atoms with Crippen molar-refractivity contribution in [1.82, 2.24) is 29.1 Å². The van der Waals surface area contributed by atoms with Crippen LogP contribution in [0, 0.1) is 45.3 Å². The van der Waals surface area contributed by atoms with Crippen LogP contribution in [0.4, 0.5) is 0 Å². The first-order valence-corrected chi connectivity index (χ1v) is 28.6. The highest BCUT2D eigenvalue weighted by molar-refractivity contribution is 6.14. The van der Waals surface area contributed by atoms with Crippen molar-refractivity contribution >= 4 is 43.6 Å². The van der Waals surface area contributed by atoms with Gasteiger partial charge in [0, 0.05) is 50.0 Å². The largest absolute Gasteiger partial charge is 0.309 e. The van der Waals surface area contributed by atoms with Crippen LogP contribution >= 0.6 is 0 Å². The van der Waals surface area contributed by atoms with Crippen molar-refractivity contribution in [2.24, 2.45) is 0 Å². The molecule has 0 saturated carbocycles. The van der Waals surface area contributed by atoms with Crippen molar-refractivity contribution in [3.05, 3.63) is 289 Å². The van der Waals surface area contributed by atoms with E-state index in [4.69, 9.17) is 19.9 Å². The molecule has 0 radical (unpaired) electrons. The Labute approximate surface area is 505 Å². The van der Waals surface area contributed by atoms with Crippen LogP contribution in [0.15, 0.2) is 267 Å². The van der Waals surface area contributed by atoms with E-state index in [9.17, 15) is 21.0 Å². The van der Waals surface area contributed by atoms with E-state index in [-0.39, 0.29) is 0 Å². The van der Waals surface area contributed by atoms with Gasteiger partial charge in [-0.25, -0.2) is 15.0 Å². The standard InChI is InChI=1S/C78H44N10/c79-45-55-21-7-11-25-59(55)51-32-36-68-64(41-51)65-42-52(60-26-12-8-22-56(60)46-80)33-37-69(65)87(68)72-30-15-29-63(78-85-76(49-17-3-1-4-18-49)84-77(86-78)50-19-5-2-6-20-50)74(72)75-73(31-16-40-83-75)88-70-38-34-53(61-27-13-9-23-57(61)47-81)43-66(70)67-44-54(35-39-71(67)88)62-28-14-10-24-58(62)48-82/h1-44H. The fourth-order valence-corrected chi connectivity index (χ4v) is 12.4. The topological polar surface area (TPSA) is 157 Å². The first-order valence-electron chi connectivity index (χ1n) is 28.6. The van der Waals surface area contributed by atoms with Gasteiger partial charge in [0.2, 0.25) is 0 Å². The van der Waals surface area contributed by atoms with Crippen LogP contribution in [-0.2, 0) is 0 Å². The molecule has 0 atom stereocenters. The Hall–Kier alpha value is -12.9. The van der Waals surface area contributed by atoms with Gasteiger partial charge in [-0.3, -0.25) is 4.98 Å². The Balaban J connectivity index is 1.06. The number of aromatic nitrogens is 6. The molecule has 15 rings (SSSR count). The number of hydrogen-bond acceptors (Lipinski definition) is 8. The summed E-state index contributed by atoms with van der Waals surface area (Å²) in [6.07, 6.45) is 1.82. The fraction of sp³-hybridized carbons (Fsp3) is 0. The van der Waals surface area contributed by atoms with Gasteiger partial charge in [-0.15, -0.1) is 0 Å². The van der Waals surface area contributed by atoms with Crippen LogP contribution in [0.5, 0.6) is 0 Å². The van der Waals surface area contributed by atoms with E-state index in [1.54, 1.807) is 0 Å². The third-order valence-electron chi connectivity index (χ3n) is 16.5. The molecule has 0 aliphatic carbocycles. The highest BCUT2D eigenvalue weighted by Gasteiger charge is 2.27. The van der Waals surface area contributed by atoms with Crippen LogP contribution in [0.2, 0.25) is 0 Å². The Morgan fingerprint density at radius 2 is 0.602 bits per heavy atom. The fourth-order valence-electron chi connectivity index (χ4n) is 12.4. The van der Waals surface area contributed by atoms with Crippen molar-refractivity contribution < 1.29 is 0 Å². The number of rotatable bonds is 10. The number of pyridine rings is 1. The highest BCUT2D eigenvalue weighted by Crippen LogP contribution is 2.46. The van der Waals surface area contributed by atoms with E-state index in [0.29, 0.717) is 51.0 Å². The summed E-state index contributed by atoms with van der Waals surface area (Å²) >= 11 is 0. The Morgan fingerprint density at radius 3 is 0.989 bits per heavy atom. The predicted molar refractivity (Wildman–Crippen MR) is 349 cm³/mol. The molecule has 0 amide bonds. The number of benzene rings is 11. The van der Waals surface area contributed by atoms with Gasteiger partial charge in [0.25, 0.3) is 0 Å². The minimum atomic E-state index is 0.427. The van der Waals surface area contributed by atoms with E-state index in [1.165, 1.54) is 0 Å². The summed E-state index contributed by atoms with van der Waals surface area (Å²) in [4.78, 5) is 21.4. The SMILES string of the molecule is N#Cc1ccccc1-c1ccc2c(c1)c1cc(-c3ccccc3C#N)ccc1n2-c1cccnc1-c1c(-c2nc(-c3ccccc3)nc(-c3ccccc3)n2)cccc1-n1c2ccc(-c3ccccc3C#N)cc2c2cc(-c3ccccc3C#N)ccc21. The second kappa shape index (κ2) is 21.7. The molecule has 0 fully saturated rings. The molecule has 4 aromatic heterocycles. The zero-order chi connectivity index (χ0) is 59.2. The summed E-state index contributed by atoms with van der Waals surface area (Å²) in [6.45, 7) is 0. The quantitative estimate of drug-likeness (QED) is 0.131. The third kappa shape index (κ3) is 8.79. The summed E-state index contributed by atoms with van der Waals surface area (Å²) in [5, 5.41) is 45.2. The summed E-state index contributed by atoms with van der Waals surface area (Å²) in [6, 6.07) is 95.8. The number of nitriles is 4. The molecule has 0 saturated heterocycles. The second-order valence-electron chi connectivity index (χ2n) is 21.3. The van der Waals surface area contributed by atoms with Crippen molar-refractivity contribution in [3.8, 4) is 126 Å². The van der Waals surface area contributed by atoms with Gasteiger partial charge >= 0.3 is 0 Å². The molecule has 10 nitrogen and oxygen atoms in total. The van der Waals surface area contributed by atoms with Crippen LogP contribution in [0.3, 0.4) is 0 Å². The lowest BCUT2D eigenvalue weighted by Gasteiger charge is -2.21. The molecule has 0 unspecified atom stereocenters.